The van der Waals surface area contributed by atoms with Crippen molar-refractivity contribution in [2.45, 2.75) is 85.1 Å². The zero-order chi connectivity index (χ0) is 41.0. The lowest BCUT2D eigenvalue weighted by molar-refractivity contribution is -0.232. The summed E-state index contributed by atoms with van der Waals surface area (Å²) in [6.07, 6.45) is -18.6. The Labute approximate surface area is 324 Å². The highest BCUT2D eigenvalue weighted by Gasteiger charge is 2.51. The molecule has 3 saturated heterocycles. The van der Waals surface area contributed by atoms with Gasteiger partial charge in [-0.1, -0.05) is 24.3 Å². The van der Waals surface area contributed by atoms with Crippen molar-refractivity contribution >= 4 is 0 Å². The molecule has 14 atom stereocenters. The highest BCUT2D eigenvalue weighted by molar-refractivity contribution is 5.55. The minimum Gasteiger partial charge on any atom is -0.508 e. The monoisotopic (exact) mass is 796 g/mol. The standard InChI is InChI=1S/C40H44O17/c41-13-25-31(49)33(51)35(53)39(55-25)29-21(45)9-17(10-22(29)46)27-28(38(16-3-7-20(44)8-4-16)57-37(27)15-1-5-19(43)6-2-15)18-11-23(47)30(24(48)12-18)40-36(54)34(52)32(50)26(14-42)56-40/h1-12,25-28,31-54H,13-14H2. The number of phenolic OH excluding ortho intramolecular Hbond substituents is 6. The van der Waals surface area contributed by atoms with Gasteiger partial charge in [-0.15, -0.1) is 0 Å². The van der Waals surface area contributed by atoms with Crippen LogP contribution in [0, 0.1) is 0 Å². The summed E-state index contributed by atoms with van der Waals surface area (Å²) >= 11 is 0. The van der Waals surface area contributed by atoms with Crippen molar-refractivity contribution in [2.75, 3.05) is 13.2 Å². The van der Waals surface area contributed by atoms with E-state index in [1.807, 2.05) is 0 Å². The van der Waals surface area contributed by atoms with Crippen molar-refractivity contribution in [3.8, 4) is 34.5 Å². The first-order valence-corrected chi connectivity index (χ1v) is 18.1. The quantitative estimate of drug-likeness (QED) is 0.114. The number of hydrogen-bond donors (Lipinski definition) is 14. The lowest BCUT2D eigenvalue weighted by atomic mass is 9.74. The summed E-state index contributed by atoms with van der Waals surface area (Å²) in [6, 6.07) is 17.0. The van der Waals surface area contributed by atoms with Crippen LogP contribution in [0.3, 0.4) is 0 Å². The fourth-order valence-corrected chi connectivity index (χ4v) is 8.30. The minimum atomic E-state index is -1.84. The third-order valence-corrected chi connectivity index (χ3v) is 11.2. The SMILES string of the molecule is OCC1OC(c2c(O)cc(C3C(c4ccc(O)cc4)OC(c4ccc(O)cc4)C3c3cc(O)c(C4OC(CO)C(O)C(O)C4O)c(O)c3)cc2O)C(O)C(O)C1O. The molecule has 3 aliphatic heterocycles. The molecule has 17 nitrogen and oxygen atoms in total. The molecule has 0 spiro atoms. The van der Waals surface area contributed by atoms with Gasteiger partial charge in [0.2, 0.25) is 0 Å². The maximum absolute atomic E-state index is 11.5. The molecule has 4 aromatic carbocycles. The van der Waals surface area contributed by atoms with Crippen molar-refractivity contribution in [1.29, 1.82) is 0 Å². The Balaban J connectivity index is 1.39. The number of phenols is 6. The molecule has 14 unspecified atom stereocenters. The van der Waals surface area contributed by atoms with Crippen LogP contribution in [-0.2, 0) is 14.2 Å². The first-order chi connectivity index (χ1) is 27.1. The Hall–Kier alpha value is -4.76. The minimum absolute atomic E-state index is 0.0577. The van der Waals surface area contributed by atoms with Gasteiger partial charge in [0.05, 0.1) is 36.5 Å². The van der Waals surface area contributed by atoms with E-state index in [1.54, 1.807) is 24.3 Å². The van der Waals surface area contributed by atoms with Crippen LogP contribution in [0.5, 0.6) is 34.5 Å². The second kappa shape index (κ2) is 15.9. The summed E-state index contributed by atoms with van der Waals surface area (Å²) < 4.78 is 18.0. The molecule has 14 N–H and O–H groups in total. The van der Waals surface area contributed by atoms with Crippen molar-refractivity contribution in [3.05, 3.63) is 106 Å². The third-order valence-electron chi connectivity index (χ3n) is 11.2. The molecule has 7 rings (SSSR count). The fourth-order valence-electron chi connectivity index (χ4n) is 8.30. The molecule has 4 aromatic rings. The van der Waals surface area contributed by atoms with E-state index in [2.05, 4.69) is 0 Å². The van der Waals surface area contributed by atoms with E-state index < -0.39 is 121 Å². The predicted molar refractivity (Wildman–Crippen MR) is 193 cm³/mol. The maximum Gasteiger partial charge on any atom is 0.125 e. The third kappa shape index (κ3) is 7.21. The van der Waals surface area contributed by atoms with Gasteiger partial charge in [0, 0.05) is 11.8 Å². The summed E-state index contributed by atoms with van der Waals surface area (Å²) in [5.41, 5.74) is 0.711. The Morgan fingerprint density at radius 1 is 0.368 bits per heavy atom. The van der Waals surface area contributed by atoms with Crippen LogP contribution in [0.4, 0.5) is 0 Å². The largest absolute Gasteiger partial charge is 0.508 e. The molecule has 57 heavy (non-hydrogen) atoms. The molecule has 0 aliphatic carbocycles. The Morgan fingerprint density at radius 3 is 0.982 bits per heavy atom. The zero-order valence-electron chi connectivity index (χ0n) is 29.9. The molecule has 0 bridgehead atoms. The summed E-state index contributed by atoms with van der Waals surface area (Å²) in [5, 5.41) is 149. The Morgan fingerprint density at radius 2 is 0.684 bits per heavy atom. The summed E-state index contributed by atoms with van der Waals surface area (Å²) in [5.74, 6) is -4.46. The van der Waals surface area contributed by atoms with Gasteiger partial charge in [-0.05, 0) is 70.8 Å². The van der Waals surface area contributed by atoms with E-state index in [0.717, 1.165) is 0 Å². The van der Waals surface area contributed by atoms with Gasteiger partial charge in [0.1, 0.15) is 95.5 Å². The first-order valence-electron chi connectivity index (χ1n) is 18.1. The number of rotatable bonds is 8. The second-order valence-corrected chi connectivity index (χ2v) is 14.7. The molecular weight excluding hydrogens is 752 g/mol. The Bertz CT molecular complexity index is 1850. The van der Waals surface area contributed by atoms with E-state index in [1.165, 1.54) is 48.5 Å². The number of aliphatic hydroxyl groups excluding tert-OH is 8. The van der Waals surface area contributed by atoms with Crippen LogP contribution >= 0.6 is 0 Å². The van der Waals surface area contributed by atoms with E-state index in [-0.39, 0.29) is 33.8 Å². The van der Waals surface area contributed by atoms with Crippen molar-refractivity contribution in [1.82, 2.24) is 0 Å². The normalized spacial score (nSPS) is 34.3. The Kier molecular flexibility index (Phi) is 11.3. The number of aromatic hydroxyl groups is 6. The van der Waals surface area contributed by atoms with Crippen molar-refractivity contribution in [2.24, 2.45) is 0 Å². The van der Waals surface area contributed by atoms with E-state index >= 15 is 0 Å². The van der Waals surface area contributed by atoms with Crippen molar-refractivity contribution in [3.63, 3.8) is 0 Å². The number of ether oxygens (including phenoxy) is 3. The lowest BCUT2D eigenvalue weighted by Gasteiger charge is -2.40. The summed E-state index contributed by atoms with van der Waals surface area (Å²) in [6.45, 7) is -1.52. The summed E-state index contributed by atoms with van der Waals surface area (Å²) in [7, 11) is 0. The molecule has 0 amide bonds. The highest BCUT2D eigenvalue weighted by Crippen LogP contribution is 2.61. The lowest BCUT2D eigenvalue weighted by Crippen LogP contribution is -2.55. The van der Waals surface area contributed by atoms with Gasteiger partial charge in [-0.25, -0.2) is 0 Å². The van der Waals surface area contributed by atoms with Crippen LogP contribution in [0.25, 0.3) is 0 Å². The smallest absolute Gasteiger partial charge is 0.125 e. The molecule has 3 aliphatic rings. The van der Waals surface area contributed by atoms with Gasteiger partial charge in [-0.2, -0.15) is 0 Å². The maximum atomic E-state index is 11.5. The average molecular weight is 797 g/mol. The molecule has 3 heterocycles. The van der Waals surface area contributed by atoms with Gasteiger partial charge in [-0.3, -0.25) is 0 Å². The van der Waals surface area contributed by atoms with Crippen LogP contribution in [-0.4, -0.2) is 134 Å². The fraction of sp³-hybridized carbons (Fsp3) is 0.400. The topological polar surface area (TPSA) is 311 Å². The molecule has 0 saturated carbocycles. The van der Waals surface area contributed by atoms with E-state index in [0.29, 0.717) is 11.1 Å². The molecule has 17 heteroatoms. The van der Waals surface area contributed by atoms with Crippen molar-refractivity contribution < 1.29 is 85.7 Å². The van der Waals surface area contributed by atoms with Crippen LogP contribution < -0.4 is 0 Å². The first kappa shape index (κ1) is 40.4. The molecular formula is C40H44O17. The van der Waals surface area contributed by atoms with Crippen LogP contribution in [0.15, 0.2) is 72.8 Å². The van der Waals surface area contributed by atoms with Gasteiger partial charge in [0.25, 0.3) is 0 Å². The number of aliphatic hydroxyl groups is 8. The summed E-state index contributed by atoms with van der Waals surface area (Å²) in [4.78, 5) is 0. The molecule has 0 aromatic heterocycles. The highest BCUT2D eigenvalue weighted by atomic mass is 16.6. The predicted octanol–water partition coefficient (Wildman–Crippen LogP) is 0.330. The van der Waals surface area contributed by atoms with Crippen LogP contribution in [0.2, 0.25) is 0 Å². The van der Waals surface area contributed by atoms with Crippen LogP contribution in [0.1, 0.15) is 69.6 Å². The van der Waals surface area contributed by atoms with Gasteiger partial charge < -0.3 is 85.7 Å². The number of benzene rings is 4. The van der Waals surface area contributed by atoms with Gasteiger partial charge in [0.15, 0.2) is 0 Å². The molecule has 306 valence electrons. The zero-order valence-corrected chi connectivity index (χ0v) is 29.9. The second-order valence-electron chi connectivity index (χ2n) is 14.7. The van der Waals surface area contributed by atoms with Gasteiger partial charge >= 0.3 is 0 Å². The molecule has 3 fully saturated rings. The number of hydrogen-bond acceptors (Lipinski definition) is 17. The average Bonchev–Trinajstić information content (AvgIpc) is 3.58. The van der Waals surface area contributed by atoms with E-state index in [9.17, 15) is 71.5 Å². The van der Waals surface area contributed by atoms with E-state index in [4.69, 9.17) is 14.2 Å². The molecule has 0 radical (unpaired) electrons.